The molecule has 8 nitrogen and oxygen atoms in total. The van der Waals surface area contributed by atoms with Crippen LogP contribution in [0.15, 0.2) is 47.5 Å². The fourth-order valence-corrected chi connectivity index (χ4v) is 3.00. The summed E-state index contributed by atoms with van der Waals surface area (Å²) >= 11 is 0. The van der Waals surface area contributed by atoms with Crippen molar-refractivity contribution in [3.8, 4) is 5.75 Å². The number of hydrogen-bond donors (Lipinski definition) is 1. The highest BCUT2D eigenvalue weighted by atomic mass is 16.6. The zero-order chi connectivity index (χ0) is 21.7. The second-order valence-electron chi connectivity index (χ2n) is 6.85. The van der Waals surface area contributed by atoms with Gasteiger partial charge in [0.1, 0.15) is 5.75 Å². The third kappa shape index (κ3) is 4.83. The second kappa shape index (κ2) is 9.21. The Morgan fingerprint density at radius 2 is 1.93 bits per heavy atom. The van der Waals surface area contributed by atoms with Crippen molar-refractivity contribution in [1.82, 2.24) is 9.55 Å². The first kappa shape index (κ1) is 21.0. The van der Waals surface area contributed by atoms with Gasteiger partial charge in [0.2, 0.25) is 5.91 Å². The van der Waals surface area contributed by atoms with Gasteiger partial charge in [-0.2, -0.15) is 0 Å². The maximum Gasteiger partial charge on any atom is 0.343 e. The summed E-state index contributed by atoms with van der Waals surface area (Å²) in [7, 11) is 1.29. The molecular weight excluding hydrogens is 386 g/mol. The largest absolute Gasteiger partial charge is 0.482 e. The molecule has 0 unspecified atom stereocenters. The molecule has 0 aliphatic carbocycles. The number of para-hydroxylation sites is 1. The number of methoxy groups -OCH3 is 1. The highest BCUT2D eigenvalue weighted by Gasteiger charge is 2.10. The number of amides is 1. The number of nitrogens with zero attached hydrogens (tertiary/aromatic N) is 2. The number of fused-ring (bicyclic) bond motifs is 1. The summed E-state index contributed by atoms with van der Waals surface area (Å²) in [5.41, 5.74) is 2.85. The van der Waals surface area contributed by atoms with Crippen LogP contribution in [0.25, 0.3) is 10.9 Å². The topological polar surface area (TPSA) is 99.5 Å². The van der Waals surface area contributed by atoms with E-state index in [2.05, 4.69) is 15.0 Å². The molecule has 0 aliphatic heterocycles. The molecule has 2 aromatic carbocycles. The number of ether oxygens (including phenoxy) is 2. The summed E-state index contributed by atoms with van der Waals surface area (Å²) in [5, 5.41) is 3.37. The van der Waals surface area contributed by atoms with Gasteiger partial charge in [-0.1, -0.05) is 12.1 Å². The third-order valence-corrected chi connectivity index (χ3v) is 4.69. The van der Waals surface area contributed by atoms with Crippen molar-refractivity contribution in [2.45, 2.75) is 26.8 Å². The van der Waals surface area contributed by atoms with Crippen LogP contribution >= 0.6 is 0 Å². The van der Waals surface area contributed by atoms with Gasteiger partial charge < -0.3 is 14.8 Å². The van der Waals surface area contributed by atoms with Crippen molar-refractivity contribution in [3.05, 3.63) is 64.2 Å². The molecule has 0 saturated carbocycles. The number of esters is 1. The lowest BCUT2D eigenvalue weighted by molar-refractivity contribution is -0.142. The van der Waals surface area contributed by atoms with Crippen LogP contribution in [0.4, 0.5) is 5.69 Å². The van der Waals surface area contributed by atoms with E-state index in [9.17, 15) is 14.4 Å². The minimum atomic E-state index is -0.474. The molecule has 1 heterocycles. The van der Waals surface area contributed by atoms with Gasteiger partial charge in [-0.3, -0.25) is 14.2 Å². The number of hydrogen-bond acceptors (Lipinski definition) is 6. The summed E-state index contributed by atoms with van der Waals surface area (Å²) in [4.78, 5) is 40.5. The van der Waals surface area contributed by atoms with Crippen molar-refractivity contribution < 1.29 is 19.1 Å². The van der Waals surface area contributed by atoms with E-state index in [0.29, 0.717) is 22.3 Å². The fraction of sp³-hybridized carbons (Fsp3) is 0.273. The number of aryl methyl sites for hydroxylation is 3. The number of carbonyl (C=O) groups excluding carboxylic acids is 2. The van der Waals surface area contributed by atoms with E-state index in [1.807, 2.05) is 26.0 Å². The first-order chi connectivity index (χ1) is 14.4. The van der Waals surface area contributed by atoms with Gasteiger partial charge in [0.05, 0.1) is 24.3 Å². The van der Waals surface area contributed by atoms with Crippen LogP contribution in [0, 0.1) is 13.8 Å². The first-order valence-electron chi connectivity index (χ1n) is 9.44. The smallest absolute Gasteiger partial charge is 0.343 e. The number of carbonyl (C=O) groups is 2. The summed E-state index contributed by atoms with van der Waals surface area (Å²) in [5.74, 6) is -0.198. The van der Waals surface area contributed by atoms with E-state index in [0.717, 1.165) is 11.1 Å². The Kier molecular flexibility index (Phi) is 6.46. The van der Waals surface area contributed by atoms with Crippen LogP contribution in [0.3, 0.4) is 0 Å². The number of anilines is 1. The van der Waals surface area contributed by atoms with Gasteiger partial charge >= 0.3 is 5.97 Å². The molecule has 1 amide bonds. The minimum absolute atomic E-state index is 0.124. The molecule has 8 heteroatoms. The molecule has 30 heavy (non-hydrogen) atoms. The lowest BCUT2D eigenvalue weighted by atomic mass is 10.1. The van der Waals surface area contributed by atoms with Crippen LogP contribution in [0.5, 0.6) is 5.75 Å². The molecule has 0 bridgehead atoms. The molecule has 0 saturated heterocycles. The molecule has 0 aliphatic rings. The average Bonchev–Trinajstić information content (AvgIpc) is 2.73. The summed E-state index contributed by atoms with van der Waals surface area (Å²) in [6, 6.07) is 10.5. The summed E-state index contributed by atoms with van der Waals surface area (Å²) < 4.78 is 11.3. The van der Waals surface area contributed by atoms with E-state index < -0.39 is 5.97 Å². The Hall–Kier alpha value is -3.68. The second-order valence-corrected chi connectivity index (χ2v) is 6.85. The van der Waals surface area contributed by atoms with Crippen molar-refractivity contribution in [3.63, 3.8) is 0 Å². The third-order valence-electron chi connectivity index (χ3n) is 4.69. The maximum absolute atomic E-state index is 12.6. The Morgan fingerprint density at radius 1 is 1.13 bits per heavy atom. The average molecular weight is 409 g/mol. The molecule has 0 radical (unpaired) electrons. The highest BCUT2D eigenvalue weighted by Crippen LogP contribution is 2.21. The van der Waals surface area contributed by atoms with Gasteiger partial charge in [0.15, 0.2) is 6.61 Å². The van der Waals surface area contributed by atoms with Gasteiger partial charge in [-0.15, -0.1) is 0 Å². The first-order valence-corrected chi connectivity index (χ1v) is 9.44. The van der Waals surface area contributed by atoms with Crippen LogP contribution in [0.1, 0.15) is 17.5 Å². The molecule has 1 N–H and O–H groups in total. The van der Waals surface area contributed by atoms with Crippen molar-refractivity contribution >= 4 is 28.5 Å². The van der Waals surface area contributed by atoms with E-state index in [1.54, 1.807) is 24.3 Å². The molecule has 0 atom stereocenters. The van der Waals surface area contributed by atoms with E-state index in [1.165, 1.54) is 18.0 Å². The van der Waals surface area contributed by atoms with E-state index in [4.69, 9.17) is 4.74 Å². The van der Waals surface area contributed by atoms with E-state index in [-0.39, 0.29) is 31.0 Å². The standard InChI is InChI=1S/C22H23N3O5/c1-14-5-4-6-17-21(14)23-13-25(22(17)28)10-9-19(26)24-18-8-7-16(11-15(18)2)30-12-20(27)29-3/h4-8,11,13H,9-10,12H2,1-3H3,(H,24,26). The zero-order valence-electron chi connectivity index (χ0n) is 17.1. The minimum Gasteiger partial charge on any atom is -0.482 e. The quantitative estimate of drug-likeness (QED) is 0.602. The van der Waals surface area contributed by atoms with Crippen molar-refractivity contribution in [2.24, 2.45) is 0 Å². The van der Waals surface area contributed by atoms with Crippen LogP contribution in [-0.2, 0) is 20.9 Å². The lowest BCUT2D eigenvalue weighted by Gasteiger charge is -2.12. The predicted molar refractivity (Wildman–Crippen MR) is 113 cm³/mol. The van der Waals surface area contributed by atoms with E-state index >= 15 is 0 Å². The molecular formula is C22H23N3O5. The Balaban J connectivity index is 1.62. The van der Waals surface area contributed by atoms with Gasteiger partial charge in [-0.05, 0) is 49.2 Å². The SMILES string of the molecule is COC(=O)COc1ccc(NC(=O)CCn2cnc3c(C)cccc3c2=O)c(C)c1. The Morgan fingerprint density at radius 3 is 2.67 bits per heavy atom. The number of rotatable bonds is 7. The number of benzene rings is 2. The maximum atomic E-state index is 12.6. The predicted octanol–water partition coefficient (Wildman–Crippen LogP) is 2.59. The highest BCUT2D eigenvalue weighted by molar-refractivity contribution is 5.91. The summed E-state index contributed by atoms with van der Waals surface area (Å²) in [6.07, 6.45) is 1.60. The summed E-state index contributed by atoms with van der Waals surface area (Å²) in [6.45, 7) is 3.76. The molecule has 156 valence electrons. The molecule has 3 rings (SSSR count). The fourth-order valence-electron chi connectivity index (χ4n) is 3.00. The number of aromatic nitrogens is 2. The Bertz CT molecular complexity index is 1150. The van der Waals surface area contributed by atoms with Gasteiger partial charge in [0, 0.05) is 18.7 Å². The molecule has 1 aromatic heterocycles. The van der Waals surface area contributed by atoms with Crippen molar-refractivity contribution in [1.29, 1.82) is 0 Å². The van der Waals surface area contributed by atoms with Crippen LogP contribution < -0.4 is 15.6 Å². The molecule has 0 spiro atoms. The molecule has 3 aromatic rings. The van der Waals surface area contributed by atoms with Crippen LogP contribution in [0.2, 0.25) is 0 Å². The Labute approximate surface area is 173 Å². The van der Waals surface area contributed by atoms with Gasteiger partial charge in [0.25, 0.3) is 5.56 Å². The zero-order valence-corrected chi connectivity index (χ0v) is 17.1. The van der Waals surface area contributed by atoms with Gasteiger partial charge in [-0.25, -0.2) is 9.78 Å². The molecule has 0 fully saturated rings. The normalized spacial score (nSPS) is 10.6. The number of nitrogens with one attached hydrogen (secondary N) is 1. The monoisotopic (exact) mass is 409 g/mol. The van der Waals surface area contributed by atoms with Crippen LogP contribution in [-0.4, -0.2) is 35.1 Å². The van der Waals surface area contributed by atoms with Crippen molar-refractivity contribution in [2.75, 3.05) is 19.0 Å². The lowest BCUT2D eigenvalue weighted by Crippen LogP contribution is -2.24.